The van der Waals surface area contributed by atoms with E-state index in [1.165, 1.54) is 7.05 Å². The zero-order valence-electron chi connectivity index (χ0n) is 5.16. The first-order chi connectivity index (χ1) is 4.45. The molecule has 0 saturated heterocycles. The number of carbonyl (C=O) groups is 1. The monoisotopic (exact) mass is 205 g/mol. The number of carbonyl (C=O) groups excluding carboxylic acids is 1. The first-order valence-electron chi connectivity index (χ1n) is 2.37. The third-order valence-corrected chi connectivity index (χ3v) is 0.898. The minimum absolute atomic E-state index is 0.253. The van der Waals surface area contributed by atoms with Gasteiger partial charge < -0.3 is 10.1 Å². The van der Waals surface area contributed by atoms with Gasteiger partial charge in [-0.2, -0.15) is 0 Å². The predicted molar refractivity (Wildman–Crippen MR) is 40.7 cm³/mol. The lowest BCUT2D eigenvalue weighted by atomic mass is 10.8. The van der Waals surface area contributed by atoms with Gasteiger partial charge in [0.05, 0.1) is 0 Å². The summed E-state index contributed by atoms with van der Waals surface area (Å²) < 4.78 is 2.87. The number of ether oxygens (including phenoxy) is 1. The van der Waals surface area contributed by atoms with Gasteiger partial charge in [0.2, 0.25) is 3.79 Å². The molecular weight excluding hydrogens is 200 g/mol. The van der Waals surface area contributed by atoms with E-state index in [2.05, 4.69) is 10.1 Å². The minimum atomic E-state index is -1.54. The molecule has 0 atom stereocenters. The van der Waals surface area contributed by atoms with Gasteiger partial charge in [0, 0.05) is 7.05 Å². The molecule has 0 aliphatic heterocycles. The van der Waals surface area contributed by atoms with Crippen LogP contribution in [0, 0.1) is 0 Å². The van der Waals surface area contributed by atoms with Crippen molar-refractivity contribution < 1.29 is 9.53 Å². The quantitative estimate of drug-likeness (QED) is 0.663. The number of rotatable bonds is 1. The Bertz CT molecular complexity index is 122. The molecule has 0 rings (SSSR count). The van der Waals surface area contributed by atoms with Crippen LogP contribution in [0.15, 0.2) is 0 Å². The topological polar surface area (TPSA) is 38.3 Å². The molecule has 1 N–H and O–H groups in total. The Balaban J connectivity index is 3.46. The Hall–Kier alpha value is 0.140. The van der Waals surface area contributed by atoms with E-state index >= 15 is 0 Å². The van der Waals surface area contributed by atoms with E-state index in [4.69, 9.17) is 34.8 Å². The summed E-state index contributed by atoms with van der Waals surface area (Å²) in [5.41, 5.74) is 0. The Kier molecular flexibility index (Phi) is 4.17. The summed E-state index contributed by atoms with van der Waals surface area (Å²) in [6, 6.07) is 0. The van der Waals surface area contributed by atoms with Crippen LogP contribution >= 0.6 is 34.8 Å². The van der Waals surface area contributed by atoms with E-state index in [0.29, 0.717) is 0 Å². The Morgan fingerprint density at radius 1 is 1.60 bits per heavy atom. The minimum Gasteiger partial charge on any atom is -0.445 e. The second-order valence-electron chi connectivity index (χ2n) is 1.44. The van der Waals surface area contributed by atoms with Gasteiger partial charge in [-0.25, -0.2) is 4.79 Å². The van der Waals surface area contributed by atoms with E-state index in [-0.39, 0.29) is 6.61 Å². The van der Waals surface area contributed by atoms with Crippen molar-refractivity contribution in [1.29, 1.82) is 0 Å². The van der Waals surface area contributed by atoms with Gasteiger partial charge in [0.15, 0.2) is 0 Å². The molecule has 0 saturated carbocycles. The summed E-state index contributed by atoms with van der Waals surface area (Å²) in [6.45, 7) is -0.253. The number of halogens is 3. The molecule has 0 spiro atoms. The van der Waals surface area contributed by atoms with E-state index in [9.17, 15) is 4.79 Å². The highest BCUT2D eigenvalue weighted by Gasteiger charge is 2.21. The molecule has 3 nitrogen and oxygen atoms in total. The molecule has 0 unspecified atom stereocenters. The maximum atomic E-state index is 10.3. The standard InChI is InChI=1S/C4H6Cl3NO2/c1-8-3(9)10-2-4(5,6)7/h2H2,1H3,(H,8,9). The normalized spacial score (nSPS) is 10.8. The zero-order valence-corrected chi connectivity index (χ0v) is 7.43. The first kappa shape index (κ1) is 10.1. The highest BCUT2D eigenvalue weighted by molar-refractivity contribution is 6.67. The molecule has 0 fully saturated rings. The molecule has 0 bridgehead atoms. The van der Waals surface area contributed by atoms with Gasteiger partial charge in [-0.15, -0.1) is 0 Å². The van der Waals surface area contributed by atoms with Crippen LogP contribution in [0.4, 0.5) is 4.79 Å². The van der Waals surface area contributed by atoms with Crippen LogP contribution in [0.5, 0.6) is 0 Å². The molecule has 6 heteroatoms. The van der Waals surface area contributed by atoms with Crippen molar-refractivity contribution >= 4 is 40.9 Å². The van der Waals surface area contributed by atoms with Crippen molar-refractivity contribution in [3.05, 3.63) is 0 Å². The molecule has 0 radical (unpaired) electrons. The highest BCUT2D eigenvalue weighted by Crippen LogP contribution is 2.25. The van der Waals surface area contributed by atoms with E-state index in [1.807, 2.05) is 0 Å². The predicted octanol–water partition coefficient (Wildman–Crippen LogP) is 1.71. The lowest BCUT2D eigenvalue weighted by Crippen LogP contribution is -2.24. The van der Waals surface area contributed by atoms with Crippen LogP contribution in [0.1, 0.15) is 0 Å². The second kappa shape index (κ2) is 4.11. The van der Waals surface area contributed by atoms with E-state index in [0.717, 1.165) is 0 Å². The largest absolute Gasteiger partial charge is 0.445 e. The lowest BCUT2D eigenvalue weighted by molar-refractivity contribution is 0.150. The Labute approximate surface area is 73.6 Å². The number of hydrogen-bond donors (Lipinski definition) is 1. The van der Waals surface area contributed by atoms with Crippen LogP contribution in [0.3, 0.4) is 0 Å². The van der Waals surface area contributed by atoms with Crippen LogP contribution < -0.4 is 5.32 Å². The van der Waals surface area contributed by atoms with Gasteiger partial charge in [0.25, 0.3) is 0 Å². The van der Waals surface area contributed by atoms with E-state index < -0.39 is 9.89 Å². The maximum Gasteiger partial charge on any atom is 0.407 e. The van der Waals surface area contributed by atoms with Gasteiger partial charge in [0.1, 0.15) is 6.61 Å². The van der Waals surface area contributed by atoms with E-state index in [1.54, 1.807) is 0 Å². The SMILES string of the molecule is CNC(=O)OCC(Cl)(Cl)Cl. The second-order valence-corrected chi connectivity index (χ2v) is 3.96. The summed E-state index contributed by atoms with van der Waals surface area (Å²) >= 11 is 15.8. The van der Waals surface area contributed by atoms with Gasteiger partial charge >= 0.3 is 6.09 Å². The average Bonchev–Trinajstić information content (AvgIpc) is 1.81. The summed E-state index contributed by atoms with van der Waals surface area (Å²) in [6.07, 6.45) is -0.619. The Morgan fingerprint density at radius 2 is 2.10 bits per heavy atom. The summed E-state index contributed by atoms with van der Waals surface area (Å²) in [5, 5.41) is 2.20. The number of amides is 1. The fraction of sp³-hybridized carbons (Fsp3) is 0.750. The van der Waals surface area contributed by atoms with Gasteiger partial charge in [-0.3, -0.25) is 0 Å². The van der Waals surface area contributed by atoms with Gasteiger partial charge in [-0.05, 0) is 0 Å². The zero-order chi connectivity index (χ0) is 8.20. The summed E-state index contributed by atoms with van der Waals surface area (Å²) in [7, 11) is 1.42. The van der Waals surface area contributed by atoms with Crippen molar-refractivity contribution in [1.82, 2.24) is 5.32 Å². The average molecular weight is 206 g/mol. The third-order valence-electron chi connectivity index (χ3n) is 0.571. The molecule has 0 aromatic carbocycles. The van der Waals surface area contributed by atoms with Crippen LogP contribution in [0.25, 0.3) is 0 Å². The van der Waals surface area contributed by atoms with Gasteiger partial charge in [-0.1, -0.05) is 34.8 Å². The molecule has 60 valence electrons. The molecular formula is C4H6Cl3NO2. The first-order valence-corrected chi connectivity index (χ1v) is 3.50. The van der Waals surface area contributed by atoms with Crippen molar-refractivity contribution in [3.8, 4) is 0 Å². The van der Waals surface area contributed by atoms with Crippen molar-refractivity contribution in [2.75, 3.05) is 13.7 Å². The molecule has 0 aliphatic rings. The van der Waals surface area contributed by atoms with Crippen LogP contribution in [-0.2, 0) is 4.74 Å². The molecule has 0 aliphatic carbocycles. The molecule has 0 aromatic rings. The number of nitrogens with one attached hydrogen (secondary N) is 1. The summed E-state index contributed by atoms with van der Waals surface area (Å²) in [5.74, 6) is 0. The third kappa shape index (κ3) is 6.26. The maximum absolute atomic E-state index is 10.3. The number of alkyl halides is 3. The number of hydrogen-bond acceptors (Lipinski definition) is 2. The van der Waals surface area contributed by atoms with Crippen molar-refractivity contribution in [2.45, 2.75) is 3.79 Å². The lowest BCUT2D eigenvalue weighted by Gasteiger charge is -2.09. The van der Waals surface area contributed by atoms with Crippen LogP contribution in [-0.4, -0.2) is 23.5 Å². The fourth-order valence-corrected chi connectivity index (χ4v) is 0.383. The highest BCUT2D eigenvalue weighted by atomic mass is 35.6. The smallest absolute Gasteiger partial charge is 0.407 e. The molecule has 1 amide bonds. The van der Waals surface area contributed by atoms with Crippen molar-refractivity contribution in [3.63, 3.8) is 0 Å². The molecule has 10 heavy (non-hydrogen) atoms. The van der Waals surface area contributed by atoms with Crippen molar-refractivity contribution in [2.24, 2.45) is 0 Å². The molecule has 0 heterocycles. The number of alkyl carbamates (subject to hydrolysis) is 1. The Morgan fingerprint density at radius 3 is 2.40 bits per heavy atom. The summed E-state index contributed by atoms with van der Waals surface area (Å²) in [4.78, 5) is 10.3. The molecule has 0 aromatic heterocycles. The fourth-order valence-electron chi connectivity index (χ4n) is 0.220. The van der Waals surface area contributed by atoms with Crippen LogP contribution in [0.2, 0.25) is 0 Å².